The second-order valence-corrected chi connectivity index (χ2v) is 9.26. The van der Waals surface area contributed by atoms with E-state index in [0.717, 1.165) is 0 Å². The second-order valence-electron chi connectivity index (χ2n) is 7.51. The summed E-state index contributed by atoms with van der Waals surface area (Å²) in [7, 11) is 0. The number of allylic oxidation sites excluding steroid dienone is 2. The Morgan fingerprint density at radius 2 is 1.53 bits per heavy atom. The number of alkyl halides is 1. The molecule has 0 aliphatic heterocycles. The van der Waals surface area contributed by atoms with Crippen molar-refractivity contribution in [3.05, 3.63) is 25.3 Å². The van der Waals surface area contributed by atoms with Crippen LogP contribution < -0.4 is 0 Å². The molecule has 186 valence electrons. The maximum absolute atomic E-state index is 12.3. The van der Waals surface area contributed by atoms with Gasteiger partial charge in [-0.25, -0.2) is 0 Å². The molecule has 0 bridgehead atoms. The lowest BCUT2D eigenvalue weighted by atomic mass is 9.89. The zero-order valence-corrected chi connectivity index (χ0v) is 19.7. The van der Waals surface area contributed by atoms with Gasteiger partial charge < -0.3 is 14.2 Å². The van der Waals surface area contributed by atoms with Crippen LogP contribution in [0.3, 0.4) is 0 Å². The third kappa shape index (κ3) is 15.8. The van der Waals surface area contributed by atoms with E-state index in [4.69, 9.17) is 14.2 Å². The molecular weight excluding hydrogens is 480 g/mol. The molecule has 0 spiro atoms. The fourth-order valence-corrected chi connectivity index (χ4v) is 3.41. The minimum absolute atomic E-state index is 0. The molecule has 0 rings (SSSR count). The standard InChI is InChI=1S/C22H33BrO7.2CH4/c1-6-8-10-18(24)14-28-20(26)17(4)12-16(3)13-22(5,23)21(27)30-15-29-19(25)11-9-7-2;;/h6-7,16-17H,1-2,8-15H2,3-5H3;2*1H4. The van der Waals surface area contributed by atoms with E-state index >= 15 is 0 Å². The van der Waals surface area contributed by atoms with Crippen molar-refractivity contribution in [2.24, 2.45) is 11.8 Å². The Bertz CT molecular complexity index is 613. The Balaban J connectivity index is -0.00000420. The summed E-state index contributed by atoms with van der Waals surface area (Å²) in [5.41, 5.74) is 0. The first-order valence-corrected chi connectivity index (χ1v) is 10.7. The number of carbonyl (C=O) groups is 4. The van der Waals surface area contributed by atoms with E-state index in [9.17, 15) is 19.2 Å². The Morgan fingerprint density at radius 3 is 2.09 bits per heavy atom. The van der Waals surface area contributed by atoms with Gasteiger partial charge in [0, 0.05) is 12.8 Å². The van der Waals surface area contributed by atoms with E-state index in [1.807, 2.05) is 6.92 Å². The van der Waals surface area contributed by atoms with Gasteiger partial charge in [-0.2, -0.15) is 0 Å². The molecule has 0 radical (unpaired) electrons. The van der Waals surface area contributed by atoms with Gasteiger partial charge in [0.05, 0.1) is 5.92 Å². The number of ketones is 1. The summed E-state index contributed by atoms with van der Waals surface area (Å²) in [5, 5.41) is 0. The number of Topliss-reactive ketones (excluding diaryl/α,β-unsaturated/α-hetero) is 1. The van der Waals surface area contributed by atoms with Crippen LogP contribution in [0.4, 0.5) is 0 Å². The van der Waals surface area contributed by atoms with Gasteiger partial charge in [-0.1, -0.05) is 56.8 Å². The molecule has 0 aliphatic carbocycles. The first-order chi connectivity index (χ1) is 14.0. The first kappa shape index (κ1) is 34.6. The zero-order chi connectivity index (χ0) is 23.2. The van der Waals surface area contributed by atoms with Crippen molar-refractivity contribution < 1.29 is 33.4 Å². The summed E-state index contributed by atoms with van der Waals surface area (Å²) in [6, 6.07) is 0. The minimum atomic E-state index is -0.996. The SMILES string of the molecule is C.C.C=CCCC(=O)COC(=O)C(C)CC(C)CC(C)(Br)C(=O)OCOC(=O)CCC=C. The zero-order valence-electron chi connectivity index (χ0n) is 18.1. The molecule has 0 fully saturated rings. The molecule has 0 aliphatic rings. The number of hydrogen-bond acceptors (Lipinski definition) is 7. The van der Waals surface area contributed by atoms with Crippen LogP contribution in [0.1, 0.15) is 74.1 Å². The van der Waals surface area contributed by atoms with Gasteiger partial charge in [0.1, 0.15) is 10.9 Å². The fraction of sp³-hybridized carbons (Fsp3) is 0.667. The lowest BCUT2D eigenvalue weighted by molar-refractivity contribution is -0.168. The van der Waals surface area contributed by atoms with Gasteiger partial charge >= 0.3 is 17.9 Å². The molecule has 0 aromatic rings. The van der Waals surface area contributed by atoms with Crippen molar-refractivity contribution in [1.29, 1.82) is 0 Å². The molecule has 0 heterocycles. The Kier molecular flexibility index (Phi) is 20.1. The maximum atomic E-state index is 12.3. The quantitative estimate of drug-likeness (QED) is 0.114. The molecule has 3 atom stereocenters. The Morgan fingerprint density at radius 1 is 0.969 bits per heavy atom. The number of halogens is 1. The predicted molar refractivity (Wildman–Crippen MR) is 130 cm³/mol. The third-order valence-electron chi connectivity index (χ3n) is 4.28. The van der Waals surface area contributed by atoms with Gasteiger partial charge in [-0.3, -0.25) is 19.2 Å². The molecule has 32 heavy (non-hydrogen) atoms. The fourth-order valence-electron chi connectivity index (χ4n) is 2.74. The topological polar surface area (TPSA) is 96.0 Å². The third-order valence-corrected chi connectivity index (χ3v) is 4.93. The monoisotopic (exact) mass is 520 g/mol. The second kappa shape index (κ2) is 18.6. The molecule has 0 saturated carbocycles. The van der Waals surface area contributed by atoms with E-state index in [-0.39, 0.29) is 39.6 Å². The van der Waals surface area contributed by atoms with E-state index in [0.29, 0.717) is 32.1 Å². The molecule has 0 aromatic carbocycles. The van der Waals surface area contributed by atoms with Gasteiger partial charge in [-0.15, -0.1) is 13.2 Å². The van der Waals surface area contributed by atoms with Crippen molar-refractivity contribution in [3.8, 4) is 0 Å². The summed E-state index contributed by atoms with van der Waals surface area (Å²) in [5.74, 6) is -2.06. The summed E-state index contributed by atoms with van der Waals surface area (Å²) >= 11 is 3.36. The molecule has 8 heteroatoms. The molecule has 3 unspecified atom stereocenters. The average molecular weight is 521 g/mol. The van der Waals surface area contributed by atoms with Crippen molar-refractivity contribution >= 4 is 39.6 Å². The number of hydrogen-bond donors (Lipinski definition) is 0. The van der Waals surface area contributed by atoms with Gasteiger partial charge in [0.25, 0.3) is 0 Å². The highest BCUT2D eigenvalue weighted by atomic mass is 79.9. The van der Waals surface area contributed by atoms with Gasteiger partial charge in [-0.05, 0) is 38.5 Å². The Labute approximate surface area is 202 Å². The van der Waals surface area contributed by atoms with Crippen LogP contribution >= 0.6 is 15.9 Å². The van der Waals surface area contributed by atoms with E-state index in [1.165, 1.54) is 0 Å². The van der Waals surface area contributed by atoms with Crippen LogP contribution in [0, 0.1) is 11.8 Å². The number of rotatable bonds is 16. The van der Waals surface area contributed by atoms with E-state index < -0.39 is 34.9 Å². The van der Waals surface area contributed by atoms with Crippen LogP contribution in [-0.2, 0) is 33.4 Å². The highest BCUT2D eigenvalue weighted by molar-refractivity contribution is 9.10. The van der Waals surface area contributed by atoms with Crippen molar-refractivity contribution in [3.63, 3.8) is 0 Å². The van der Waals surface area contributed by atoms with E-state index in [1.54, 1.807) is 26.0 Å². The number of esters is 3. The first-order valence-electron chi connectivity index (χ1n) is 9.95. The van der Waals surface area contributed by atoms with Crippen molar-refractivity contribution in [2.75, 3.05) is 13.4 Å². The average Bonchev–Trinajstić information content (AvgIpc) is 2.67. The molecule has 7 nitrogen and oxygen atoms in total. The van der Waals surface area contributed by atoms with Crippen molar-refractivity contribution in [1.82, 2.24) is 0 Å². The molecule has 0 aromatic heterocycles. The predicted octanol–water partition coefficient (Wildman–Crippen LogP) is 5.55. The normalized spacial score (nSPS) is 13.6. The lowest BCUT2D eigenvalue weighted by Gasteiger charge is -2.25. The summed E-state index contributed by atoms with van der Waals surface area (Å²) in [6.07, 6.45) is 5.63. The van der Waals surface area contributed by atoms with Gasteiger partial charge in [0.15, 0.2) is 5.78 Å². The number of ether oxygens (including phenoxy) is 3. The molecular formula is C24H41BrO7. The highest BCUT2D eigenvalue weighted by Gasteiger charge is 2.34. The molecule has 0 saturated heterocycles. The van der Waals surface area contributed by atoms with Crippen LogP contribution in [0.15, 0.2) is 25.3 Å². The van der Waals surface area contributed by atoms with E-state index in [2.05, 4.69) is 29.1 Å². The molecule has 0 N–H and O–H groups in total. The highest BCUT2D eigenvalue weighted by Crippen LogP contribution is 2.31. The summed E-state index contributed by atoms with van der Waals surface area (Å²) in [6.45, 7) is 11.7. The molecule has 0 amide bonds. The minimum Gasteiger partial charge on any atom is -0.457 e. The smallest absolute Gasteiger partial charge is 0.325 e. The van der Waals surface area contributed by atoms with Crippen LogP contribution in [-0.4, -0.2) is 41.4 Å². The van der Waals surface area contributed by atoms with Crippen LogP contribution in [0.2, 0.25) is 0 Å². The van der Waals surface area contributed by atoms with Crippen molar-refractivity contribution in [2.45, 2.75) is 78.5 Å². The number of carbonyl (C=O) groups excluding carboxylic acids is 4. The largest absolute Gasteiger partial charge is 0.457 e. The Hall–Kier alpha value is -1.96. The maximum Gasteiger partial charge on any atom is 0.325 e. The van der Waals surface area contributed by atoms with Gasteiger partial charge in [0.2, 0.25) is 6.79 Å². The van der Waals surface area contributed by atoms with Crippen LogP contribution in [0.25, 0.3) is 0 Å². The lowest BCUT2D eigenvalue weighted by Crippen LogP contribution is -2.34. The van der Waals surface area contributed by atoms with Crippen LogP contribution in [0.5, 0.6) is 0 Å². The summed E-state index contributed by atoms with van der Waals surface area (Å²) in [4.78, 5) is 47.3. The summed E-state index contributed by atoms with van der Waals surface area (Å²) < 4.78 is 13.9.